The summed E-state index contributed by atoms with van der Waals surface area (Å²) in [5.41, 5.74) is 0.0533. The van der Waals surface area contributed by atoms with Crippen molar-refractivity contribution >= 4 is 11.8 Å². The van der Waals surface area contributed by atoms with E-state index in [0.29, 0.717) is 24.7 Å². The summed E-state index contributed by atoms with van der Waals surface area (Å²) >= 11 is 1.71. The van der Waals surface area contributed by atoms with E-state index in [1.165, 1.54) is 0 Å². The highest BCUT2D eigenvalue weighted by Gasteiger charge is 2.21. The fourth-order valence-corrected chi connectivity index (χ4v) is 3.72. The number of thioether (sulfide) groups is 1. The molecular formula is C21H33N5O4S. The Kier molecular flexibility index (Phi) is 9.96. The third-order valence-corrected chi connectivity index (χ3v) is 5.25. The minimum Gasteiger partial charge on any atom is -0.464 e. The van der Waals surface area contributed by atoms with Crippen molar-refractivity contribution in [2.75, 3.05) is 47.5 Å². The summed E-state index contributed by atoms with van der Waals surface area (Å²) in [4.78, 5) is 15.3. The van der Waals surface area contributed by atoms with Gasteiger partial charge in [-0.1, -0.05) is 0 Å². The Morgan fingerprint density at radius 3 is 2.10 bits per heavy atom. The van der Waals surface area contributed by atoms with Gasteiger partial charge < -0.3 is 29.3 Å². The highest BCUT2D eigenvalue weighted by Crippen LogP contribution is 2.17. The third kappa shape index (κ3) is 8.68. The van der Waals surface area contributed by atoms with E-state index in [-0.39, 0.29) is 17.0 Å². The summed E-state index contributed by atoms with van der Waals surface area (Å²) in [6.07, 6.45) is 0.109. The molecule has 31 heavy (non-hydrogen) atoms. The van der Waals surface area contributed by atoms with Gasteiger partial charge in [0.25, 0.3) is 5.70 Å². The van der Waals surface area contributed by atoms with Crippen LogP contribution in [0.4, 0.5) is 0 Å². The minimum absolute atomic E-state index is 0.0533. The molecule has 0 aliphatic carbocycles. The zero-order valence-electron chi connectivity index (χ0n) is 18.9. The Balaban J connectivity index is 1.86. The van der Waals surface area contributed by atoms with Gasteiger partial charge in [0.1, 0.15) is 29.5 Å². The molecule has 2 aromatic rings. The lowest BCUT2D eigenvalue weighted by Crippen LogP contribution is -2.29. The first kappa shape index (κ1) is 24.8. The topological polar surface area (TPSA) is 100.0 Å². The van der Waals surface area contributed by atoms with Crippen LogP contribution < -0.4 is 10.6 Å². The maximum Gasteiger partial charge on any atom is 0.293 e. The van der Waals surface area contributed by atoms with E-state index in [2.05, 4.69) is 15.5 Å². The predicted molar refractivity (Wildman–Crippen MR) is 123 cm³/mol. The molecule has 0 atom stereocenters. The van der Waals surface area contributed by atoms with Crippen LogP contribution in [0.5, 0.6) is 0 Å². The number of furan rings is 2. The minimum atomic E-state index is -0.366. The fraction of sp³-hybridized carbons (Fsp3) is 0.524. The van der Waals surface area contributed by atoms with Crippen molar-refractivity contribution in [2.45, 2.75) is 25.3 Å². The van der Waals surface area contributed by atoms with Crippen molar-refractivity contribution in [3.8, 4) is 0 Å². The lowest BCUT2D eigenvalue weighted by molar-refractivity contribution is -0.429. The van der Waals surface area contributed by atoms with Crippen molar-refractivity contribution in [3.63, 3.8) is 0 Å². The van der Waals surface area contributed by atoms with Gasteiger partial charge in [0, 0.05) is 19.3 Å². The van der Waals surface area contributed by atoms with Crippen LogP contribution in [0.1, 0.15) is 23.0 Å². The first-order valence-corrected chi connectivity index (χ1v) is 11.3. The second-order valence-electron chi connectivity index (χ2n) is 7.70. The summed E-state index contributed by atoms with van der Waals surface area (Å²) < 4.78 is 11.5. The van der Waals surface area contributed by atoms with Gasteiger partial charge in [-0.3, -0.25) is 10.1 Å². The van der Waals surface area contributed by atoms with E-state index in [9.17, 15) is 10.1 Å². The second-order valence-corrected chi connectivity index (χ2v) is 8.80. The molecule has 0 saturated heterocycles. The van der Waals surface area contributed by atoms with Gasteiger partial charge in [-0.25, -0.2) is 0 Å². The Labute approximate surface area is 188 Å². The Hall–Kier alpha value is -2.43. The summed E-state index contributed by atoms with van der Waals surface area (Å²) in [6, 6.07) is 7.64. The molecule has 2 N–H and O–H groups in total. The van der Waals surface area contributed by atoms with Crippen LogP contribution in [0.25, 0.3) is 0 Å². The van der Waals surface area contributed by atoms with E-state index in [4.69, 9.17) is 8.83 Å². The van der Waals surface area contributed by atoms with Crippen LogP contribution in [0.2, 0.25) is 0 Å². The van der Waals surface area contributed by atoms with Crippen molar-refractivity contribution in [1.82, 2.24) is 20.4 Å². The highest BCUT2D eigenvalue weighted by molar-refractivity contribution is 7.98. The van der Waals surface area contributed by atoms with E-state index >= 15 is 0 Å². The van der Waals surface area contributed by atoms with Gasteiger partial charge in [-0.15, -0.1) is 0 Å². The second kappa shape index (κ2) is 12.4. The molecule has 0 bridgehead atoms. The molecule has 10 heteroatoms. The largest absolute Gasteiger partial charge is 0.464 e. The van der Waals surface area contributed by atoms with E-state index in [0.717, 1.165) is 35.3 Å². The summed E-state index contributed by atoms with van der Waals surface area (Å²) in [6.45, 7) is 2.02. The van der Waals surface area contributed by atoms with E-state index < -0.39 is 0 Å². The highest BCUT2D eigenvalue weighted by atomic mass is 32.2. The first-order chi connectivity index (χ1) is 14.8. The molecule has 0 spiro atoms. The zero-order chi connectivity index (χ0) is 22.8. The van der Waals surface area contributed by atoms with Crippen molar-refractivity contribution in [1.29, 1.82) is 0 Å². The lowest BCUT2D eigenvalue weighted by atomic mass is 10.2. The smallest absolute Gasteiger partial charge is 0.293 e. The van der Waals surface area contributed by atoms with Crippen molar-refractivity contribution in [3.05, 3.63) is 68.9 Å². The van der Waals surface area contributed by atoms with Gasteiger partial charge in [0.05, 0.1) is 23.8 Å². The van der Waals surface area contributed by atoms with Gasteiger partial charge in [0.2, 0.25) is 0 Å². The van der Waals surface area contributed by atoms with Crippen LogP contribution in [-0.4, -0.2) is 62.3 Å². The molecule has 172 valence electrons. The Morgan fingerprint density at radius 2 is 1.55 bits per heavy atom. The number of nitrogens with zero attached hydrogens (tertiary/aromatic N) is 3. The van der Waals surface area contributed by atoms with E-state index in [1.54, 1.807) is 24.9 Å². The molecule has 0 unspecified atom stereocenters. The maximum absolute atomic E-state index is 11.6. The van der Waals surface area contributed by atoms with Crippen LogP contribution in [-0.2, 0) is 25.3 Å². The van der Waals surface area contributed by atoms with Crippen molar-refractivity contribution < 1.29 is 13.8 Å². The molecule has 2 heterocycles. The number of nitrogens with one attached hydrogen (secondary N) is 2. The fourth-order valence-electron chi connectivity index (χ4n) is 2.98. The molecule has 0 aliphatic rings. The summed E-state index contributed by atoms with van der Waals surface area (Å²) in [7, 11) is 9.57. The summed E-state index contributed by atoms with van der Waals surface area (Å²) in [5, 5.41) is 17.7. The quantitative estimate of drug-likeness (QED) is 0.255. The van der Waals surface area contributed by atoms with E-state index in [1.807, 2.05) is 51.3 Å². The average Bonchev–Trinajstić information content (AvgIpc) is 3.31. The van der Waals surface area contributed by atoms with Gasteiger partial charge >= 0.3 is 0 Å². The first-order valence-electron chi connectivity index (χ1n) is 10.1. The molecule has 0 amide bonds. The Morgan fingerprint density at radius 1 is 1.00 bits per heavy atom. The van der Waals surface area contributed by atoms with Crippen LogP contribution in [0.15, 0.2) is 44.6 Å². The van der Waals surface area contributed by atoms with Gasteiger partial charge in [-0.05, 0) is 52.5 Å². The molecule has 2 aromatic heterocycles. The molecule has 9 nitrogen and oxygen atoms in total. The maximum atomic E-state index is 11.6. The molecule has 0 radical (unpaired) electrons. The molecule has 0 fully saturated rings. The molecule has 0 aromatic carbocycles. The Bertz CT molecular complexity index is 860. The van der Waals surface area contributed by atoms with Crippen LogP contribution >= 0.6 is 11.8 Å². The monoisotopic (exact) mass is 451 g/mol. The number of nitro groups is 1. The number of allylic oxidation sites excluding steroid dienone is 1. The van der Waals surface area contributed by atoms with Crippen LogP contribution in [0.3, 0.4) is 0 Å². The van der Waals surface area contributed by atoms with Crippen molar-refractivity contribution in [2.24, 2.45) is 0 Å². The van der Waals surface area contributed by atoms with Crippen LogP contribution in [0, 0.1) is 10.1 Å². The average molecular weight is 452 g/mol. The standard InChI is InChI=1S/C21H33N5O4S/c1-22-21(20(26(27)28)12-16-6-7-17(29-16)13-24(2)3)23-10-11-31-15-19-9-8-18(30-19)14-25(4)5/h6-9,22-23H,10-15H2,1-5H3/b21-20+. The lowest BCUT2D eigenvalue weighted by Gasteiger charge is -2.11. The van der Waals surface area contributed by atoms with Gasteiger partial charge in [0.15, 0.2) is 5.82 Å². The molecular weight excluding hydrogens is 418 g/mol. The number of rotatable bonds is 14. The number of hydrogen-bond acceptors (Lipinski definition) is 9. The normalized spacial score (nSPS) is 12.4. The van der Waals surface area contributed by atoms with Gasteiger partial charge in [-0.2, -0.15) is 11.8 Å². The summed E-state index contributed by atoms with van der Waals surface area (Å²) in [5.74, 6) is 5.18. The third-order valence-electron chi connectivity index (χ3n) is 4.27. The predicted octanol–water partition coefficient (Wildman–Crippen LogP) is 2.73. The zero-order valence-corrected chi connectivity index (χ0v) is 19.8. The SMILES string of the molecule is CN/C(NCCSCc1ccc(CN(C)C)o1)=C(/Cc1ccc(CN(C)C)o1)[N+](=O)[O-]. The molecule has 0 saturated carbocycles. The molecule has 0 aliphatic heterocycles. The number of hydrogen-bond donors (Lipinski definition) is 2. The molecule has 2 rings (SSSR count).